The summed E-state index contributed by atoms with van der Waals surface area (Å²) < 4.78 is 0. The van der Waals surface area contributed by atoms with Crippen molar-refractivity contribution in [2.75, 3.05) is 6.54 Å². The van der Waals surface area contributed by atoms with Crippen LogP contribution in [0.15, 0.2) is 12.7 Å². The van der Waals surface area contributed by atoms with Gasteiger partial charge < -0.3 is 11.1 Å². The number of hydrogen-bond donors (Lipinski definition) is 2. The minimum Gasteiger partial charge on any atom is -0.348 e. The highest BCUT2D eigenvalue weighted by Gasteiger charge is 2.17. The summed E-state index contributed by atoms with van der Waals surface area (Å²) >= 11 is 0. The third kappa shape index (κ3) is 6.19. The molecule has 72 valence electrons. The molecule has 0 rings (SSSR count). The van der Waals surface area contributed by atoms with E-state index in [0.29, 0.717) is 6.54 Å². The van der Waals surface area contributed by atoms with E-state index in [1.165, 1.54) is 6.08 Å². The highest BCUT2D eigenvalue weighted by atomic mass is 35.5. The zero-order valence-corrected chi connectivity index (χ0v) is 8.41. The van der Waals surface area contributed by atoms with Crippen molar-refractivity contribution in [3.8, 4) is 0 Å². The Morgan fingerprint density at radius 2 is 2.17 bits per heavy atom. The van der Waals surface area contributed by atoms with Crippen molar-refractivity contribution in [2.24, 2.45) is 5.73 Å². The van der Waals surface area contributed by atoms with Gasteiger partial charge in [0.05, 0.1) is 0 Å². The molecule has 1 amide bonds. The van der Waals surface area contributed by atoms with E-state index < -0.39 is 0 Å². The molecule has 0 saturated heterocycles. The minimum atomic E-state index is -0.222. The third-order valence-electron chi connectivity index (χ3n) is 1.42. The van der Waals surface area contributed by atoms with Crippen LogP contribution in [0.4, 0.5) is 0 Å². The Kier molecular flexibility index (Phi) is 7.04. The Hall–Kier alpha value is -0.540. The van der Waals surface area contributed by atoms with Gasteiger partial charge >= 0.3 is 0 Å². The first-order valence-electron chi connectivity index (χ1n) is 3.66. The van der Waals surface area contributed by atoms with Gasteiger partial charge in [0.1, 0.15) is 0 Å². The van der Waals surface area contributed by atoms with Crippen molar-refractivity contribution >= 4 is 18.3 Å². The zero-order valence-electron chi connectivity index (χ0n) is 7.59. The summed E-state index contributed by atoms with van der Waals surface area (Å²) in [6, 6.07) is 0. The quantitative estimate of drug-likeness (QED) is 0.649. The molecule has 3 nitrogen and oxygen atoms in total. The molecule has 0 radical (unpaired) electrons. The van der Waals surface area contributed by atoms with Gasteiger partial charge in [-0.15, -0.1) is 12.4 Å². The molecule has 0 saturated carbocycles. The molecule has 0 aliphatic rings. The van der Waals surface area contributed by atoms with Crippen molar-refractivity contribution in [1.29, 1.82) is 0 Å². The molecule has 0 fully saturated rings. The topological polar surface area (TPSA) is 55.1 Å². The van der Waals surface area contributed by atoms with E-state index >= 15 is 0 Å². The number of hydrogen-bond acceptors (Lipinski definition) is 2. The highest BCUT2D eigenvalue weighted by molar-refractivity contribution is 5.87. The van der Waals surface area contributed by atoms with Crippen LogP contribution < -0.4 is 11.1 Å². The number of nitrogens with one attached hydrogen (secondary N) is 1. The Morgan fingerprint density at radius 3 is 2.50 bits per heavy atom. The smallest absolute Gasteiger partial charge is 0.243 e. The second-order valence-corrected chi connectivity index (χ2v) is 3.12. The monoisotopic (exact) mass is 192 g/mol. The predicted molar refractivity (Wildman–Crippen MR) is 53.3 cm³/mol. The SMILES string of the molecule is C=CC(=O)NC(C)(C)CCN.Cl. The molecular formula is C8H17ClN2O. The van der Waals surface area contributed by atoms with Crippen molar-refractivity contribution in [1.82, 2.24) is 5.32 Å². The summed E-state index contributed by atoms with van der Waals surface area (Å²) in [5, 5.41) is 2.77. The standard InChI is InChI=1S/C8H16N2O.ClH/c1-4-7(11)10-8(2,3)5-6-9;/h4H,1,5-6,9H2,2-3H3,(H,10,11);1H. The number of carbonyl (C=O) groups is 1. The number of carbonyl (C=O) groups excluding carboxylic acids is 1. The van der Waals surface area contributed by atoms with Crippen LogP contribution in [-0.2, 0) is 4.79 Å². The van der Waals surface area contributed by atoms with Gasteiger partial charge in [0, 0.05) is 5.54 Å². The van der Waals surface area contributed by atoms with Gasteiger partial charge in [-0.3, -0.25) is 4.79 Å². The van der Waals surface area contributed by atoms with Crippen molar-refractivity contribution in [3.63, 3.8) is 0 Å². The fourth-order valence-electron chi connectivity index (χ4n) is 0.808. The summed E-state index contributed by atoms with van der Waals surface area (Å²) in [6.45, 7) is 7.80. The summed E-state index contributed by atoms with van der Waals surface area (Å²) in [6.07, 6.45) is 2.03. The van der Waals surface area contributed by atoms with Crippen LogP contribution in [0.1, 0.15) is 20.3 Å². The fraction of sp³-hybridized carbons (Fsp3) is 0.625. The number of halogens is 1. The number of rotatable bonds is 4. The average molecular weight is 193 g/mol. The van der Waals surface area contributed by atoms with Crippen molar-refractivity contribution in [3.05, 3.63) is 12.7 Å². The van der Waals surface area contributed by atoms with Crippen LogP contribution in [0.5, 0.6) is 0 Å². The maximum Gasteiger partial charge on any atom is 0.243 e. The number of amides is 1. The van der Waals surface area contributed by atoms with Gasteiger partial charge in [0.25, 0.3) is 0 Å². The van der Waals surface area contributed by atoms with Gasteiger partial charge in [-0.2, -0.15) is 0 Å². The summed E-state index contributed by atoms with van der Waals surface area (Å²) in [5.74, 6) is -0.150. The molecule has 0 aromatic heterocycles. The second kappa shape index (κ2) is 6.03. The van der Waals surface area contributed by atoms with E-state index in [2.05, 4.69) is 11.9 Å². The van der Waals surface area contributed by atoms with Gasteiger partial charge in [0.2, 0.25) is 5.91 Å². The van der Waals surface area contributed by atoms with Gasteiger partial charge in [-0.05, 0) is 32.9 Å². The molecule has 0 aromatic rings. The predicted octanol–water partition coefficient (Wildman–Crippen LogP) is 0.838. The van der Waals surface area contributed by atoms with Gasteiger partial charge in [0.15, 0.2) is 0 Å². The van der Waals surface area contributed by atoms with Crippen molar-refractivity contribution < 1.29 is 4.79 Å². The van der Waals surface area contributed by atoms with E-state index in [1.807, 2.05) is 13.8 Å². The van der Waals surface area contributed by atoms with E-state index in [4.69, 9.17) is 5.73 Å². The van der Waals surface area contributed by atoms with Gasteiger partial charge in [-0.1, -0.05) is 6.58 Å². The maximum atomic E-state index is 10.8. The van der Waals surface area contributed by atoms with Crippen LogP contribution >= 0.6 is 12.4 Å². The molecule has 0 spiro atoms. The molecule has 12 heavy (non-hydrogen) atoms. The number of nitrogens with two attached hydrogens (primary N) is 1. The molecule has 0 aliphatic carbocycles. The van der Waals surface area contributed by atoms with Crippen LogP contribution in [0.3, 0.4) is 0 Å². The lowest BCUT2D eigenvalue weighted by Gasteiger charge is -2.24. The third-order valence-corrected chi connectivity index (χ3v) is 1.42. The summed E-state index contributed by atoms with van der Waals surface area (Å²) in [5.41, 5.74) is 5.13. The van der Waals surface area contributed by atoms with E-state index in [1.54, 1.807) is 0 Å². The normalized spacial score (nSPS) is 9.92. The lowest BCUT2D eigenvalue weighted by molar-refractivity contribution is -0.118. The summed E-state index contributed by atoms with van der Waals surface area (Å²) in [7, 11) is 0. The van der Waals surface area contributed by atoms with Crippen LogP contribution in [0, 0.1) is 0 Å². The largest absolute Gasteiger partial charge is 0.348 e. The lowest BCUT2D eigenvalue weighted by Crippen LogP contribution is -2.43. The van der Waals surface area contributed by atoms with E-state index in [-0.39, 0.29) is 23.9 Å². The van der Waals surface area contributed by atoms with Crippen molar-refractivity contribution in [2.45, 2.75) is 25.8 Å². The Morgan fingerprint density at radius 1 is 1.67 bits per heavy atom. The molecule has 0 bridgehead atoms. The molecule has 0 unspecified atom stereocenters. The van der Waals surface area contributed by atoms with E-state index in [9.17, 15) is 4.79 Å². The molecule has 0 atom stereocenters. The average Bonchev–Trinajstić information content (AvgIpc) is 1.86. The first kappa shape index (κ1) is 14.0. The molecule has 4 heteroatoms. The molecule has 3 N–H and O–H groups in total. The molecular weight excluding hydrogens is 176 g/mol. The first-order valence-corrected chi connectivity index (χ1v) is 3.66. The van der Waals surface area contributed by atoms with Gasteiger partial charge in [-0.25, -0.2) is 0 Å². The zero-order chi connectivity index (χ0) is 8.91. The van der Waals surface area contributed by atoms with Crippen LogP contribution in [-0.4, -0.2) is 18.0 Å². The Bertz CT molecular complexity index is 157. The van der Waals surface area contributed by atoms with Crippen LogP contribution in [0.2, 0.25) is 0 Å². The minimum absolute atomic E-state index is 0. The molecule has 0 heterocycles. The first-order chi connectivity index (χ1) is 5.02. The molecule has 0 aliphatic heterocycles. The van der Waals surface area contributed by atoms with E-state index in [0.717, 1.165) is 6.42 Å². The highest BCUT2D eigenvalue weighted by Crippen LogP contribution is 2.05. The molecule has 0 aromatic carbocycles. The summed E-state index contributed by atoms with van der Waals surface area (Å²) in [4.78, 5) is 10.8. The fourth-order valence-corrected chi connectivity index (χ4v) is 0.808. The maximum absolute atomic E-state index is 10.8. The lowest BCUT2D eigenvalue weighted by atomic mass is 10.0. The Labute approximate surface area is 79.8 Å². The Balaban J connectivity index is 0. The second-order valence-electron chi connectivity index (χ2n) is 3.12. The van der Waals surface area contributed by atoms with Crippen LogP contribution in [0.25, 0.3) is 0 Å².